The van der Waals surface area contributed by atoms with Gasteiger partial charge in [0.05, 0.1) is 19.2 Å². The summed E-state index contributed by atoms with van der Waals surface area (Å²) in [5, 5.41) is 7.23. The van der Waals surface area contributed by atoms with Crippen LogP contribution in [-0.4, -0.2) is 12.2 Å². The summed E-state index contributed by atoms with van der Waals surface area (Å²) in [7, 11) is 1.66. The molecular formula is C23H25N3OS. The highest BCUT2D eigenvalue weighted by Gasteiger charge is 2.22. The van der Waals surface area contributed by atoms with Crippen LogP contribution in [0.2, 0.25) is 0 Å². The third-order valence-corrected chi connectivity index (χ3v) is 4.86. The summed E-state index contributed by atoms with van der Waals surface area (Å²) in [6, 6.07) is 27.7. The molecule has 0 radical (unpaired) electrons. The normalized spacial score (nSPS) is 12.6. The predicted octanol–water partition coefficient (Wildman–Crippen LogP) is 4.10. The number of ether oxygens (including phenoxy) is 1. The standard InChI is InChI=1S/C23H25N3OS/c1-27-20-14-12-17(13-15-20)16-25-23(28)26-22(19-10-6-3-7-11-19)21(24)18-8-4-2-5-9-18/h2-15,21-22H,16,24H2,1H3,(H2,25,26,28)/t21-,22-/m1/s1. The van der Waals surface area contributed by atoms with E-state index in [1.807, 2.05) is 72.8 Å². The Bertz CT molecular complexity index is 869. The highest BCUT2D eigenvalue weighted by molar-refractivity contribution is 7.80. The van der Waals surface area contributed by atoms with E-state index < -0.39 is 0 Å². The largest absolute Gasteiger partial charge is 0.497 e. The molecule has 0 saturated heterocycles. The molecule has 0 amide bonds. The molecule has 3 aromatic carbocycles. The van der Waals surface area contributed by atoms with Crippen LogP contribution in [0.4, 0.5) is 0 Å². The lowest BCUT2D eigenvalue weighted by Gasteiger charge is -2.27. The summed E-state index contributed by atoms with van der Waals surface area (Å²) in [4.78, 5) is 0. The van der Waals surface area contributed by atoms with Crippen LogP contribution in [-0.2, 0) is 6.54 Å². The molecule has 0 aromatic heterocycles. The van der Waals surface area contributed by atoms with Crippen molar-refractivity contribution in [3.63, 3.8) is 0 Å². The lowest BCUT2D eigenvalue weighted by atomic mass is 9.94. The zero-order valence-corrected chi connectivity index (χ0v) is 16.7. The molecule has 0 unspecified atom stereocenters. The number of benzene rings is 3. The van der Waals surface area contributed by atoms with Crippen molar-refractivity contribution in [2.24, 2.45) is 5.73 Å². The van der Waals surface area contributed by atoms with Crippen LogP contribution in [0, 0.1) is 0 Å². The maximum absolute atomic E-state index is 6.59. The third-order valence-electron chi connectivity index (χ3n) is 4.60. The van der Waals surface area contributed by atoms with Crippen molar-refractivity contribution in [1.82, 2.24) is 10.6 Å². The zero-order chi connectivity index (χ0) is 19.8. The number of nitrogens with two attached hydrogens (primary N) is 1. The summed E-state index contributed by atoms with van der Waals surface area (Å²) >= 11 is 5.54. The monoisotopic (exact) mass is 391 g/mol. The molecule has 0 fully saturated rings. The van der Waals surface area contributed by atoms with E-state index in [0.29, 0.717) is 11.7 Å². The van der Waals surface area contributed by atoms with Gasteiger partial charge in [-0.05, 0) is 41.0 Å². The second kappa shape index (κ2) is 9.88. The van der Waals surface area contributed by atoms with Crippen LogP contribution >= 0.6 is 12.2 Å². The number of rotatable bonds is 7. The van der Waals surface area contributed by atoms with Crippen molar-refractivity contribution in [2.45, 2.75) is 18.6 Å². The Morgan fingerprint density at radius 3 is 2.04 bits per heavy atom. The fraction of sp³-hybridized carbons (Fsp3) is 0.174. The van der Waals surface area contributed by atoms with Crippen LogP contribution in [0.5, 0.6) is 5.75 Å². The highest BCUT2D eigenvalue weighted by Crippen LogP contribution is 2.26. The van der Waals surface area contributed by atoms with E-state index in [4.69, 9.17) is 22.7 Å². The van der Waals surface area contributed by atoms with Crippen molar-refractivity contribution in [3.05, 3.63) is 102 Å². The van der Waals surface area contributed by atoms with Gasteiger partial charge in [-0.3, -0.25) is 0 Å². The van der Waals surface area contributed by atoms with Gasteiger partial charge in [0.1, 0.15) is 5.75 Å². The molecule has 144 valence electrons. The van der Waals surface area contributed by atoms with Gasteiger partial charge in [-0.1, -0.05) is 72.8 Å². The minimum Gasteiger partial charge on any atom is -0.497 e. The third kappa shape index (κ3) is 5.31. The minimum atomic E-state index is -0.232. The second-order valence-electron chi connectivity index (χ2n) is 6.50. The Balaban J connectivity index is 1.69. The molecule has 0 aliphatic carbocycles. The molecule has 28 heavy (non-hydrogen) atoms. The van der Waals surface area contributed by atoms with Gasteiger partial charge in [-0.15, -0.1) is 0 Å². The molecule has 0 heterocycles. The average molecular weight is 392 g/mol. The zero-order valence-electron chi connectivity index (χ0n) is 15.8. The first kappa shape index (κ1) is 19.9. The van der Waals surface area contributed by atoms with E-state index in [-0.39, 0.29) is 12.1 Å². The van der Waals surface area contributed by atoms with Crippen LogP contribution < -0.4 is 21.1 Å². The van der Waals surface area contributed by atoms with Gasteiger partial charge in [0, 0.05) is 6.54 Å². The first-order valence-corrected chi connectivity index (χ1v) is 9.61. The van der Waals surface area contributed by atoms with Gasteiger partial charge < -0.3 is 21.1 Å². The van der Waals surface area contributed by atoms with Gasteiger partial charge >= 0.3 is 0 Å². The molecule has 3 rings (SSSR count). The van der Waals surface area contributed by atoms with Gasteiger partial charge in [0.2, 0.25) is 0 Å². The number of hydrogen-bond donors (Lipinski definition) is 3. The number of hydrogen-bond acceptors (Lipinski definition) is 3. The molecule has 0 spiro atoms. The van der Waals surface area contributed by atoms with E-state index in [1.54, 1.807) is 7.11 Å². The van der Waals surface area contributed by atoms with Crippen LogP contribution in [0.1, 0.15) is 28.8 Å². The molecule has 2 atom stereocenters. The average Bonchev–Trinajstić information content (AvgIpc) is 2.77. The Kier molecular flexibility index (Phi) is 7.00. The Morgan fingerprint density at radius 1 is 0.893 bits per heavy atom. The molecule has 4 nitrogen and oxygen atoms in total. The lowest BCUT2D eigenvalue weighted by molar-refractivity contribution is 0.414. The first-order valence-electron chi connectivity index (χ1n) is 9.20. The fourth-order valence-corrected chi connectivity index (χ4v) is 3.23. The summed E-state index contributed by atoms with van der Waals surface area (Å²) in [5.74, 6) is 0.836. The van der Waals surface area contributed by atoms with E-state index >= 15 is 0 Å². The van der Waals surface area contributed by atoms with Crippen LogP contribution in [0.25, 0.3) is 0 Å². The summed E-state index contributed by atoms with van der Waals surface area (Å²) < 4.78 is 5.19. The number of methoxy groups -OCH3 is 1. The molecule has 0 aliphatic rings. The van der Waals surface area contributed by atoms with Gasteiger partial charge in [-0.2, -0.15) is 0 Å². The van der Waals surface area contributed by atoms with E-state index in [1.165, 1.54) is 0 Å². The maximum Gasteiger partial charge on any atom is 0.167 e. The predicted molar refractivity (Wildman–Crippen MR) is 118 cm³/mol. The van der Waals surface area contributed by atoms with Gasteiger partial charge in [0.25, 0.3) is 0 Å². The maximum atomic E-state index is 6.59. The topological polar surface area (TPSA) is 59.3 Å². The fourth-order valence-electron chi connectivity index (χ4n) is 3.03. The molecule has 4 N–H and O–H groups in total. The van der Waals surface area contributed by atoms with Crippen LogP contribution in [0.15, 0.2) is 84.9 Å². The van der Waals surface area contributed by atoms with E-state index in [0.717, 1.165) is 22.4 Å². The Hall–Kier alpha value is -2.89. The first-order chi connectivity index (χ1) is 13.7. The van der Waals surface area contributed by atoms with Crippen molar-refractivity contribution in [3.8, 4) is 5.75 Å². The number of thiocarbonyl (C=S) groups is 1. The molecular weight excluding hydrogens is 366 g/mol. The SMILES string of the molecule is COc1ccc(CNC(=S)N[C@H](c2ccccc2)[C@H](N)c2ccccc2)cc1. The van der Waals surface area contributed by atoms with Crippen LogP contribution in [0.3, 0.4) is 0 Å². The molecule has 0 saturated carbocycles. The minimum absolute atomic E-state index is 0.139. The van der Waals surface area contributed by atoms with Gasteiger partial charge in [-0.25, -0.2) is 0 Å². The molecule has 0 bridgehead atoms. The number of nitrogens with one attached hydrogen (secondary N) is 2. The highest BCUT2D eigenvalue weighted by atomic mass is 32.1. The summed E-state index contributed by atoms with van der Waals surface area (Å²) in [6.45, 7) is 0.623. The molecule has 3 aromatic rings. The van der Waals surface area contributed by atoms with E-state index in [9.17, 15) is 0 Å². The molecule has 5 heteroatoms. The quantitative estimate of drug-likeness (QED) is 0.530. The molecule has 0 aliphatic heterocycles. The Morgan fingerprint density at radius 2 is 1.46 bits per heavy atom. The second-order valence-corrected chi connectivity index (χ2v) is 6.91. The Labute approximate surface area is 171 Å². The van der Waals surface area contributed by atoms with E-state index in [2.05, 4.69) is 22.8 Å². The summed E-state index contributed by atoms with van der Waals surface area (Å²) in [5.41, 5.74) is 9.86. The van der Waals surface area contributed by atoms with Crippen molar-refractivity contribution >= 4 is 17.3 Å². The van der Waals surface area contributed by atoms with Crippen molar-refractivity contribution in [2.75, 3.05) is 7.11 Å². The summed E-state index contributed by atoms with van der Waals surface area (Å²) in [6.07, 6.45) is 0. The lowest BCUT2D eigenvalue weighted by Crippen LogP contribution is -2.41. The smallest absolute Gasteiger partial charge is 0.167 e. The van der Waals surface area contributed by atoms with Gasteiger partial charge in [0.15, 0.2) is 5.11 Å². The van der Waals surface area contributed by atoms with Crippen molar-refractivity contribution in [1.29, 1.82) is 0 Å². The van der Waals surface area contributed by atoms with Crippen molar-refractivity contribution < 1.29 is 4.74 Å².